The quantitative estimate of drug-likeness (QED) is 0.321. The van der Waals surface area contributed by atoms with Gasteiger partial charge in [-0.1, -0.05) is 36.8 Å². The van der Waals surface area contributed by atoms with Crippen LogP contribution in [0.25, 0.3) is 0 Å². The van der Waals surface area contributed by atoms with Crippen molar-refractivity contribution in [3.05, 3.63) is 35.9 Å². The zero-order chi connectivity index (χ0) is 21.5. The molecule has 2 aliphatic heterocycles. The Morgan fingerprint density at radius 2 is 1.78 bits per heavy atom. The van der Waals surface area contributed by atoms with Crippen molar-refractivity contribution < 1.29 is 4.79 Å². The van der Waals surface area contributed by atoms with E-state index < -0.39 is 0 Å². The number of likely N-dealkylation sites (tertiary alicyclic amines) is 1. The molecule has 0 spiro atoms. The van der Waals surface area contributed by atoms with E-state index in [9.17, 15) is 4.79 Å². The Kier molecular flexibility index (Phi) is 10.1. The van der Waals surface area contributed by atoms with Gasteiger partial charge in [0.25, 0.3) is 0 Å². The third-order valence-electron chi connectivity index (χ3n) is 7.10. The van der Waals surface area contributed by atoms with E-state index >= 15 is 0 Å². The van der Waals surface area contributed by atoms with Gasteiger partial charge >= 0.3 is 0 Å². The molecule has 2 saturated heterocycles. The van der Waals surface area contributed by atoms with Gasteiger partial charge < -0.3 is 15.1 Å². The third kappa shape index (κ3) is 6.83. The predicted molar refractivity (Wildman–Crippen MR) is 142 cm³/mol. The molecular weight excluding hydrogens is 513 g/mol. The van der Waals surface area contributed by atoms with Crippen LogP contribution in [-0.4, -0.2) is 85.5 Å². The average molecular weight is 554 g/mol. The molecular formula is C25H40IN5O. The minimum atomic E-state index is 0. The molecule has 1 unspecified atom stereocenters. The second-order valence-corrected chi connectivity index (χ2v) is 9.32. The minimum Gasteiger partial charge on any atom is -0.357 e. The predicted octanol–water partition coefficient (Wildman–Crippen LogP) is 3.08. The van der Waals surface area contributed by atoms with Crippen LogP contribution in [0.4, 0.5) is 0 Å². The number of amides is 1. The lowest BCUT2D eigenvalue weighted by Gasteiger charge is -2.38. The number of halogens is 1. The summed E-state index contributed by atoms with van der Waals surface area (Å²) in [6, 6.07) is 10.8. The van der Waals surface area contributed by atoms with Gasteiger partial charge in [-0.3, -0.25) is 14.7 Å². The molecule has 1 N–H and O–H groups in total. The molecule has 0 radical (unpaired) electrons. The molecule has 1 saturated carbocycles. The summed E-state index contributed by atoms with van der Waals surface area (Å²) in [6.45, 7) is 10.7. The number of nitrogens with one attached hydrogen (secondary N) is 1. The van der Waals surface area contributed by atoms with E-state index in [1.165, 1.54) is 18.4 Å². The molecule has 32 heavy (non-hydrogen) atoms. The van der Waals surface area contributed by atoms with Crippen LogP contribution in [-0.2, 0) is 11.2 Å². The Balaban J connectivity index is 0.00000289. The summed E-state index contributed by atoms with van der Waals surface area (Å²) >= 11 is 0. The molecule has 2 heterocycles. The van der Waals surface area contributed by atoms with Crippen LogP contribution in [0.1, 0.15) is 38.2 Å². The fraction of sp³-hybridized carbons (Fsp3) is 0.680. The van der Waals surface area contributed by atoms with Crippen LogP contribution < -0.4 is 5.32 Å². The van der Waals surface area contributed by atoms with Crippen molar-refractivity contribution in [2.75, 3.05) is 58.9 Å². The number of hydrogen-bond acceptors (Lipinski definition) is 3. The fourth-order valence-electron chi connectivity index (χ4n) is 4.97. The van der Waals surface area contributed by atoms with E-state index in [-0.39, 0.29) is 24.0 Å². The maximum Gasteiger partial charge on any atom is 0.225 e. The Labute approximate surface area is 210 Å². The summed E-state index contributed by atoms with van der Waals surface area (Å²) in [5, 5.41) is 3.50. The van der Waals surface area contributed by atoms with Crippen LogP contribution in [0.3, 0.4) is 0 Å². The monoisotopic (exact) mass is 553 g/mol. The van der Waals surface area contributed by atoms with Crippen molar-refractivity contribution >= 4 is 35.8 Å². The summed E-state index contributed by atoms with van der Waals surface area (Å²) < 4.78 is 0. The molecule has 3 aliphatic rings. The van der Waals surface area contributed by atoms with Crippen molar-refractivity contribution in [1.82, 2.24) is 20.0 Å². The molecule has 0 aromatic heterocycles. The molecule has 4 rings (SSSR count). The smallest absolute Gasteiger partial charge is 0.225 e. The Morgan fingerprint density at radius 3 is 2.44 bits per heavy atom. The maximum absolute atomic E-state index is 12.4. The maximum atomic E-state index is 12.4. The first-order chi connectivity index (χ1) is 15.2. The molecule has 3 fully saturated rings. The van der Waals surface area contributed by atoms with Crippen molar-refractivity contribution in [2.45, 2.75) is 39.0 Å². The van der Waals surface area contributed by atoms with Gasteiger partial charge in [-0.25, -0.2) is 0 Å². The number of carbonyl (C=O) groups excluding carboxylic acids is 1. The Hall–Kier alpha value is -1.35. The lowest BCUT2D eigenvalue weighted by atomic mass is 9.84. The highest BCUT2D eigenvalue weighted by molar-refractivity contribution is 14.0. The number of carbonyl (C=O) groups is 1. The fourth-order valence-corrected chi connectivity index (χ4v) is 4.97. The number of guanidine groups is 1. The van der Waals surface area contributed by atoms with Gasteiger partial charge in [0, 0.05) is 58.3 Å². The molecule has 0 bridgehead atoms. The van der Waals surface area contributed by atoms with E-state index in [1.54, 1.807) is 0 Å². The molecule has 1 aromatic rings. The van der Waals surface area contributed by atoms with Crippen LogP contribution in [0.15, 0.2) is 35.3 Å². The number of rotatable bonds is 7. The van der Waals surface area contributed by atoms with Gasteiger partial charge in [0.05, 0.1) is 6.54 Å². The summed E-state index contributed by atoms with van der Waals surface area (Å²) in [5.41, 5.74) is 1.44. The van der Waals surface area contributed by atoms with Gasteiger partial charge in [0.1, 0.15) is 0 Å². The summed E-state index contributed by atoms with van der Waals surface area (Å²) in [7, 11) is 0. The standard InChI is InChI=1S/C25H39N5O.HI/c1-2-26-25(30-13-11-22(20-30)19-21-7-4-3-5-8-21)27-12-14-28-15-17-29(18-16-28)24(31)23-9-6-10-23;/h3-5,7-8,22-23H,2,6,9-20H2,1H3,(H,26,27);1H. The van der Waals surface area contributed by atoms with Gasteiger partial charge in [-0.15, -0.1) is 24.0 Å². The highest BCUT2D eigenvalue weighted by Crippen LogP contribution is 2.28. The van der Waals surface area contributed by atoms with Crippen molar-refractivity contribution in [3.63, 3.8) is 0 Å². The van der Waals surface area contributed by atoms with Crippen LogP contribution in [0.5, 0.6) is 0 Å². The highest BCUT2D eigenvalue weighted by Gasteiger charge is 2.31. The van der Waals surface area contributed by atoms with Crippen molar-refractivity contribution in [3.8, 4) is 0 Å². The second-order valence-electron chi connectivity index (χ2n) is 9.32. The van der Waals surface area contributed by atoms with E-state index in [2.05, 4.69) is 57.3 Å². The molecule has 1 aliphatic carbocycles. The van der Waals surface area contributed by atoms with Crippen LogP contribution in [0.2, 0.25) is 0 Å². The highest BCUT2D eigenvalue weighted by atomic mass is 127. The summed E-state index contributed by atoms with van der Waals surface area (Å²) in [6.07, 6.45) is 5.82. The summed E-state index contributed by atoms with van der Waals surface area (Å²) in [5.74, 6) is 2.49. The van der Waals surface area contributed by atoms with Crippen LogP contribution in [0, 0.1) is 11.8 Å². The zero-order valence-electron chi connectivity index (χ0n) is 19.5. The molecule has 7 heteroatoms. The molecule has 1 aromatic carbocycles. The van der Waals surface area contributed by atoms with E-state index in [0.717, 1.165) is 84.1 Å². The van der Waals surface area contributed by atoms with Crippen LogP contribution >= 0.6 is 24.0 Å². The number of benzene rings is 1. The Morgan fingerprint density at radius 1 is 1.03 bits per heavy atom. The minimum absolute atomic E-state index is 0. The van der Waals surface area contributed by atoms with E-state index in [1.807, 2.05) is 0 Å². The normalized spacial score (nSPS) is 22.4. The first kappa shape index (κ1) is 25.3. The SMILES string of the molecule is CCNC(=NCCN1CCN(C(=O)C2CCC2)CC1)N1CCC(Cc2ccccc2)C1.I. The van der Waals surface area contributed by atoms with E-state index in [4.69, 9.17) is 4.99 Å². The van der Waals surface area contributed by atoms with E-state index in [0.29, 0.717) is 17.7 Å². The lowest BCUT2D eigenvalue weighted by Crippen LogP contribution is -2.51. The van der Waals surface area contributed by atoms with Gasteiger partial charge in [0.2, 0.25) is 5.91 Å². The number of nitrogens with zero attached hydrogens (tertiary/aromatic N) is 4. The molecule has 178 valence electrons. The molecule has 1 atom stereocenters. The first-order valence-corrected chi connectivity index (χ1v) is 12.3. The number of aliphatic imine (C=N–C) groups is 1. The first-order valence-electron chi connectivity index (χ1n) is 12.3. The van der Waals surface area contributed by atoms with Gasteiger partial charge in [-0.2, -0.15) is 0 Å². The van der Waals surface area contributed by atoms with Crippen molar-refractivity contribution in [2.24, 2.45) is 16.8 Å². The third-order valence-corrected chi connectivity index (χ3v) is 7.10. The largest absolute Gasteiger partial charge is 0.357 e. The molecule has 1 amide bonds. The van der Waals surface area contributed by atoms with Gasteiger partial charge in [-0.05, 0) is 44.1 Å². The second kappa shape index (κ2) is 12.8. The molecule has 6 nitrogen and oxygen atoms in total. The average Bonchev–Trinajstić information content (AvgIpc) is 3.21. The summed E-state index contributed by atoms with van der Waals surface area (Å²) in [4.78, 5) is 24.4. The number of hydrogen-bond donors (Lipinski definition) is 1. The van der Waals surface area contributed by atoms with Crippen molar-refractivity contribution in [1.29, 1.82) is 0 Å². The van der Waals surface area contributed by atoms with Gasteiger partial charge in [0.15, 0.2) is 5.96 Å². The topological polar surface area (TPSA) is 51.2 Å². The Bertz CT molecular complexity index is 731. The number of piperazine rings is 1. The zero-order valence-corrected chi connectivity index (χ0v) is 21.9. The lowest BCUT2D eigenvalue weighted by molar-refractivity contribution is -0.139.